The van der Waals surface area contributed by atoms with Crippen molar-refractivity contribution >= 4 is 86.9 Å². The van der Waals surface area contributed by atoms with E-state index in [9.17, 15) is 4.79 Å². The molecule has 2 rings (SSSR count). The first kappa shape index (κ1) is 24.9. The van der Waals surface area contributed by atoms with E-state index in [1.807, 2.05) is 0 Å². The third-order valence-corrected chi connectivity index (χ3v) is 4.92. The Morgan fingerprint density at radius 3 is 2.43 bits per heavy atom. The number of rotatable bonds is 7. The number of alkyl halides is 3. The van der Waals surface area contributed by atoms with E-state index in [1.54, 1.807) is 30.3 Å². The maximum atomic E-state index is 12.3. The van der Waals surface area contributed by atoms with Crippen LogP contribution in [0, 0.1) is 0 Å². The van der Waals surface area contributed by atoms with Crippen LogP contribution in [0.5, 0.6) is 11.5 Å². The molecule has 0 bridgehead atoms. The van der Waals surface area contributed by atoms with Crippen LogP contribution in [0.3, 0.4) is 0 Å². The van der Waals surface area contributed by atoms with Crippen LogP contribution in [-0.4, -0.2) is 34.7 Å². The molecule has 162 valence electrons. The van der Waals surface area contributed by atoms with E-state index in [4.69, 9.17) is 79.7 Å². The van der Waals surface area contributed by atoms with Gasteiger partial charge in [-0.3, -0.25) is 4.79 Å². The van der Waals surface area contributed by atoms with Crippen LogP contribution in [0.4, 0.5) is 5.69 Å². The third-order valence-electron chi connectivity index (χ3n) is 3.52. The molecule has 1 amide bonds. The summed E-state index contributed by atoms with van der Waals surface area (Å²) in [6, 6.07) is 11.7. The van der Waals surface area contributed by atoms with Gasteiger partial charge in [0.05, 0.1) is 17.8 Å². The fourth-order valence-corrected chi connectivity index (χ4v) is 3.19. The topological polar surface area (TPSA) is 71.6 Å². The van der Waals surface area contributed by atoms with Crippen LogP contribution in [0.15, 0.2) is 42.5 Å². The monoisotopic (exact) mass is 529 g/mol. The smallest absolute Gasteiger partial charge is 0.259 e. The number of anilines is 1. The lowest BCUT2D eigenvalue weighted by molar-refractivity contribution is -0.123. The highest BCUT2D eigenvalue weighted by Crippen LogP contribution is 2.30. The fraction of sp³-hybridized carbons (Fsp3) is 0.222. The molecule has 0 saturated carbocycles. The number of carbonyl (C=O) groups excluding carboxylic acids is 1. The van der Waals surface area contributed by atoms with Crippen molar-refractivity contribution in [2.24, 2.45) is 0 Å². The van der Waals surface area contributed by atoms with E-state index >= 15 is 0 Å². The predicted octanol–water partition coefficient (Wildman–Crippen LogP) is 5.18. The van der Waals surface area contributed by atoms with Gasteiger partial charge in [-0.1, -0.05) is 70.1 Å². The zero-order chi connectivity index (χ0) is 22.3. The maximum absolute atomic E-state index is 12.3. The SMILES string of the molecule is COc1ccccc1NC(=S)N[C@H](NC(=O)COc1ccc(Cl)cc1Cl)C(Cl)(Cl)Cl. The van der Waals surface area contributed by atoms with Crippen molar-refractivity contribution in [3.05, 3.63) is 52.5 Å². The molecule has 0 aliphatic rings. The summed E-state index contributed by atoms with van der Waals surface area (Å²) in [4.78, 5) is 12.3. The van der Waals surface area contributed by atoms with Crippen molar-refractivity contribution < 1.29 is 14.3 Å². The van der Waals surface area contributed by atoms with E-state index in [1.165, 1.54) is 19.2 Å². The Hall–Kier alpha value is -1.35. The van der Waals surface area contributed by atoms with Crippen LogP contribution >= 0.6 is 70.2 Å². The molecule has 0 spiro atoms. The number of carbonyl (C=O) groups is 1. The average Bonchev–Trinajstić information content (AvgIpc) is 2.66. The predicted molar refractivity (Wildman–Crippen MR) is 127 cm³/mol. The number of methoxy groups -OCH3 is 1. The molecular formula is C18H16Cl5N3O3S. The molecule has 0 saturated heterocycles. The van der Waals surface area contributed by atoms with E-state index in [-0.39, 0.29) is 22.5 Å². The molecule has 12 heteroatoms. The summed E-state index contributed by atoms with van der Waals surface area (Å²) < 4.78 is 8.70. The normalized spacial score (nSPS) is 11.9. The van der Waals surface area contributed by atoms with Gasteiger partial charge in [0, 0.05) is 5.02 Å². The Kier molecular flexibility index (Phi) is 9.40. The number of ether oxygens (including phenoxy) is 2. The molecule has 2 aromatic carbocycles. The van der Waals surface area contributed by atoms with Gasteiger partial charge in [-0.25, -0.2) is 0 Å². The summed E-state index contributed by atoms with van der Waals surface area (Å²) in [7, 11) is 1.52. The number of benzene rings is 2. The number of hydrogen-bond donors (Lipinski definition) is 3. The van der Waals surface area contributed by atoms with Gasteiger partial charge in [0.2, 0.25) is 3.79 Å². The quantitative estimate of drug-likeness (QED) is 0.260. The molecule has 3 N–H and O–H groups in total. The molecule has 0 aromatic heterocycles. The highest BCUT2D eigenvalue weighted by molar-refractivity contribution is 7.80. The number of amides is 1. The van der Waals surface area contributed by atoms with Gasteiger partial charge in [-0.2, -0.15) is 0 Å². The highest BCUT2D eigenvalue weighted by atomic mass is 35.6. The first-order valence-corrected chi connectivity index (χ1v) is 10.5. The van der Waals surface area contributed by atoms with Gasteiger partial charge < -0.3 is 25.4 Å². The molecule has 0 aliphatic heterocycles. The Morgan fingerprint density at radius 2 is 1.80 bits per heavy atom. The molecule has 0 unspecified atom stereocenters. The summed E-state index contributed by atoms with van der Waals surface area (Å²) in [5.41, 5.74) is 0.590. The van der Waals surface area contributed by atoms with Gasteiger partial charge >= 0.3 is 0 Å². The van der Waals surface area contributed by atoms with Crippen LogP contribution in [-0.2, 0) is 4.79 Å². The Labute approximate surface area is 204 Å². The fourth-order valence-electron chi connectivity index (χ4n) is 2.18. The van der Waals surface area contributed by atoms with Gasteiger partial charge in [-0.05, 0) is 42.5 Å². The summed E-state index contributed by atoms with van der Waals surface area (Å²) in [6.45, 7) is -0.382. The van der Waals surface area contributed by atoms with Crippen LogP contribution in [0.25, 0.3) is 0 Å². The van der Waals surface area contributed by atoms with Crippen molar-refractivity contribution in [2.75, 3.05) is 19.0 Å². The molecule has 1 atom stereocenters. The lowest BCUT2D eigenvalue weighted by Gasteiger charge is -2.28. The lowest BCUT2D eigenvalue weighted by Crippen LogP contribution is -2.57. The van der Waals surface area contributed by atoms with Crippen molar-refractivity contribution in [3.63, 3.8) is 0 Å². The Bertz CT molecular complexity index is 911. The van der Waals surface area contributed by atoms with Crippen LogP contribution in [0.1, 0.15) is 0 Å². The zero-order valence-electron chi connectivity index (χ0n) is 15.3. The first-order valence-electron chi connectivity index (χ1n) is 8.24. The minimum absolute atomic E-state index is 0.0952. The second kappa shape index (κ2) is 11.3. The Balaban J connectivity index is 1.98. The molecule has 2 aromatic rings. The van der Waals surface area contributed by atoms with E-state index < -0.39 is 15.9 Å². The molecule has 0 radical (unpaired) electrons. The molecule has 0 aliphatic carbocycles. The largest absolute Gasteiger partial charge is 0.495 e. The summed E-state index contributed by atoms with van der Waals surface area (Å²) in [6.07, 6.45) is -1.16. The minimum Gasteiger partial charge on any atom is -0.495 e. The number of halogens is 5. The highest BCUT2D eigenvalue weighted by Gasteiger charge is 2.34. The second-order valence-corrected chi connectivity index (χ2v) is 9.33. The van der Waals surface area contributed by atoms with Crippen molar-refractivity contribution in [2.45, 2.75) is 9.96 Å². The van der Waals surface area contributed by atoms with Gasteiger partial charge in [-0.15, -0.1) is 0 Å². The van der Waals surface area contributed by atoms with Gasteiger partial charge in [0.15, 0.2) is 11.7 Å². The minimum atomic E-state index is -1.92. The van der Waals surface area contributed by atoms with Crippen LogP contribution < -0.4 is 25.4 Å². The molecular weight excluding hydrogens is 516 g/mol. The van der Waals surface area contributed by atoms with E-state index in [0.717, 1.165) is 0 Å². The second-order valence-electron chi connectivity index (χ2n) is 5.70. The van der Waals surface area contributed by atoms with Crippen molar-refractivity contribution in [3.8, 4) is 11.5 Å². The summed E-state index contributed by atoms with van der Waals surface area (Å²) in [5, 5.41) is 8.95. The average molecular weight is 532 g/mol. The number of hydrogen-bond acceptors (Lipinski definition) is 4. The number of para-hydroxylation sites is 2. The first-order chi connectivity index (χ1) is 14.1. The number of nitrogens with one attached hydrogen (secondary N) is 3. The van der Waals surface area contributed by atoms with Crippen LogP contribution in [0.2, 0.25) is 10.0 Å². The molecule has 6 nitrogen and oxygen atoms in total. The maximum Gasteiger partial charge on any atom is 0.259 e. The summed E-state index contributed by atoms with van der Waals surface area (Å²) >= 11 is 35.0. The molecule has 0 heterocycles. The van der Waals surface area contributed by atoms with E-state index in [2.05, 4.69) is 16.0 Å². The number of thiocarbonyl (C=S) groups is 1. The Morgan fingerprint density at radius 1 is 1.10 bits per heavy atom. The van der Waals surface area contributed by atoms with Crippen molar-refractivity contribution in [1.82, 2.24) is 10.6 Å². The third kappa shape index (κ3) is 7.72. The standard InChI is InChI=1S/C18H16Cl5N3O3S/c1-28-14-5-3-2-4-12(14)24-17(30)26-16(18(21,22)23)25-15(27)9-29-13-7-6-10(19)8-11(13)20/h2-8,16H,9H2,1H3,(H,25,27)(H2,24,26,30)/t16-/m0/s1. The van der Waals surface area contributed by atoms with Gasteiger partial charge in [0.25, 0.3) is 5.91 Å². The summed E-state index contributed by atoms with van der Waals surface area (Å²) in [5.74, 6) is 0.261. The lowest BCUT2D eigenvalue weighted by atomic mass is 10.3. The molecule has 30 heavy (non-hydrogen) atoms. The van der Waals surface area contributed by atoms with Crippen molar-refractivity contribution in [1.29, 1.82) is 0 Å². The zero-order valence-corrected chi connectivity index (χ0v) is 19.9. The molecule has 0 fully saturated rings. The van der Waals surface area contributed by atoms with Gasteiger partial charge in [0.1, 0.15) is 17.7 Å². The van der Waals surface area contributed by atoms with E-state index in [0.29, 0.717) is 16.5 Å².